The molecule has 0 radical (unpaired) electrons. The second-order valence-corrected chi connectivity index (χ2v) is 3.49. The molecule has 17 heavy (non-hydrogen) atoms. The van der Waals surface area contributed by atoms with Crippen molar-refractivity contribution in [3.8, 4) is 0 Å². The zero-order valence-corrected chi connectivity index (χ0v) is 9.27. The third-order valence-corrected chi connectivity index (χ3v) is 1.78. The van der Waals surface area contributed by atoms with E-state index in [2.05, 4.69) is 5.32 Å². The van der Waals surface area contributed by atoms with Crippen LogP contribution in [-0.4, -0.2) is 37.6 Å². The molecule has 0 fully saturated rings. The van der Waals surface area contributed by atoms with Gasteiger partial charge in [-0.1, -0.05) is 0 Å². The fourth-order valence-electron chi connectivity index (χ4n) is 1.03. The van der Waals surface area contributed by atoms with Crippen molar-refractivity contribution >= 4 is 11.8 Å². The van der Waals surface area contributed by atoms with E-state index in [1.165, 1.54) is 0 Å². The quantitative estimate of drug-likeness (QED) is 0.530. The van der Waals surface area contributed by atoms with Crippen LogP contribution < -0.4 is 16.4 Å². The molecule has 0 aromatic rings. The largest absolute Gasteiger partial charge is 0.401 e. The predicted octanol–water partition coefficient (Wildman–Crippen LogP) is -0.0899. The minimum atomic E-state index is -4.32. The topological polar surface area (TPSA) is 84.2 Å². The number of primary amides is 1. The smallest absolute Gasteiger partial charge is 0.370 e. The van der Waals surface area contributed by atoms with Gasteiger partial charge in [0.25, 0.3) is 0 Å². The zero-order valence-electron chi connectivity index (χ0n) is 9.27. The number of carbonyl (C=O) groups is 2. The molecule has 0 atom stereocenters. The minimum absolute atomic E-state index is 0.238. The van der Waals surface area contributed by atoms with Crippen molar-refractivity contribution in [2.75, 3.05) is 19.6 Å². The number of amides is 2. The van der Waals surface area contributed by atoms with Gasteiger partial charge in [-0.05, 0) is 12.8 Å². The van der Waals surface area contributed by atoms with Crippen LogP contribution >= 0.6 is 0 Å². The summed E-state index contributed by atoms with van der Waals surface area (Å²) in [5.74, 6) is -0.920. The maximum Gasteiger partial charge on any atom is 0.401 e. The molecule has 0 aromatic heterocycles. The Morgan fingerprint density at radius 1 is 1.18 bits per heavy atom. The summed E-state index contributed by atoms with van der Waals surface area (Å²) in [6.07, 6.45) is -2.97. The monoisotopic (exact) mass is 255 g/mol. The molecular weight excluding hydrogens is 239 g/mol. The van der Waals surface area contributed by atoms with Crippen molar-refractivity contribution in [3.63, 3.8) is 0 Å². The number of halogens is 3. The highest BCUT2D eigenvalue weighted by Gasteiger charge is 2.26. The number of alkyl halides is 3. The van der Waals surface area contributed by atoms with E-state index >= 15 is 0 Å². The zero-order chi connectivity index (χ0) is 13.3. The van der Waals surface area contributed by atoms with Crippen molar-refractivity contribution in [1.29, 1.82) is 0 Å². The van der Waals surface area contributed by atoms with Gasteiger partial charge in [0, 0.05) is 13.0 Å². The first-order chi connectivity index (χ1) is 7.81. The summed E-state index contributed by atoms with van der Waals surface area (Å²) in [6, 6.07) is 0. The van der Waals surface area contributed by atoms with Crippen molar-refractivity contribution in [2.24, 2.45) is 5.73 Å². The third-order valence-electron chi connectivity index (χ3n) is 1.78. The molecule has 0 rings (SSSR count). The molecule has 0 aliphatic rings. The van der Waals surface area contributed by atoms with Crippen LogP contribution in [0.5, 0.6) is 0 Å². The van der Waals surface area contributed by atoms with E-state index in [-0.39, 0.29) is 13.0 Å². The average molecular weight is 255 g/mol. The van der Waals surface area contributed by atoms with Gasteiger partial charge in [0.2, 0.25) is 11.8 Å². The molecule has 2 amide bonds. The van der Waals surface area contributed by atoms with E-state index in [0.29, 0.717) is 19.4 Å². The SMILES string of the molecule is NC(=O)CCCCNC(=O)CNCC(F)(F)F. The van der Waals surface area contributed by atoms with E-state index in [0.717, 1.165) is 0 Å². The van der Waals surface area contributed by atoms with E-state index in [9.17, 15) is 22.8 Å². The maximum atomic E-state index is 11.7. The molecule has 0 bridgehead atoms. The Labute approximate surface area is 96.9 Å². The van der Waals surface area contributed by atoms with Gasteiger partial charge in [0.1, 0.15) is 0 Å². The Morgan fingerprint density at radius 2 is 1.82 bits per heavy atom. The van der Waals surface area contributed by atoms with Crippen molar-refractivity contribution in [2.45, 2.75) is 25.4 Å². The van der Waals surface area contributed by atoms with Crippen molar-refractivity contribution < 1.29 is 22.8 Å². The van der Waals surface area contributed by atoms with Crippen LogP contribution in [0.2, 0.25) is 0 Å². The number of hydrogen-bond acceptors (Lipinski definition) is 3. The Kier molecular flexibility index (Phi) is 7.27. The number of rotatable bonds is 8. The summed E-state index contributed by atoms with van der Waals surface area (Å²) in [7, 11) is 0. The number of carbonyl (C=O) groups excluding carboxylic acids is 2. The molecule has 0 aliphatic heterocycles. The summed E-state index contributed by atoms with van der Waals surface area (Å²) < 4.78 is 35.1. The van der Waals surface area contributed by atoms with E-state index in [4.69, 9.17) is 5.73 Å². The number of hydrogen-bond donors (Lipinski definition) is 3. The number of unbranched alkanes of at least 4 members (excludes halogenated alkanes) is 1. The Hall–Kier alpha value is -1.31. The molecule has 5 nitrogen and oxygen atoms in total. The summed E-state index contributed by atoms with van der Waals surface area (Å²) in [6.45, 7) is -1.25. The Bertz CT molecular complexity index is 256. The highest BCUT2D eigenvalue weighted by atomic mass is 19.4. The summed E-state index contributed by atoms with van der Waals surface area (Å²) >= 11 is 0. The first-order valence-corrected chi connectivity index (χ1v) is 5.14. The van der Waals surface area contributed by atoms with E-state index in [1.807, 2.05) is 5.32 Å². The molecule has 0 saturated heterocycles. The first kappa shape index (κ1) is 15.7. The van der Waals surface area contributed by atoms with Gasteiger partial charge in [0.15, 0.2) is 0 Å². The maximum absolute atomic E-state index is 11.7. The van der Waals surface area contributed by atoms with Crippen LogP contribution in [0.1, 0.15) is 19.3 Å². The van der Waals surface area contributed by atoms with Crippen LogP contribution in [0.4, 0.5) is 13.2 Å². The fraction of sp³-hybridized carbons (Fsp3) is 0.778. The van der Waals surface area contributed by atoms with Gasteiger partial charge < -0.3 is 16.4 Å². The normalized spacial score (nSPS) is 11.2. The first-order valence-electron chi connectivity index (χ1n) is 5.14. The molecule has 0 aromatic carbocycles. The van der Waals surface area contributed by atoms with Gasteiger partial charge in [-0.2, -0.15) is 13.2 Å². The molecule has 8 heteroatoms. The highest BCUT2D eigenvalue weighted by molar-refractivity contribution is 5.77. The predicted molar refractivity (Wildman–Crippen MR) is 55.0 cm³/mol. The molecule has 0 spiro atoms. The number of nitrogens with one attached hydrogen (secondary N) is 2. The van der Waals surface area contributed by atoms with Crippen LogP contribution in [0.15, 0.2) is 0 Å². The van der Waals surface area contributed by atoms with Crippen molar-refractivity contribution in [3.05, 3.63) is 0 Å². The Balaban J connectivity index is 3.38. The molecule has 100 valence electrons. The lowest BCUT2D eigenvalue weighted by Gasteiger charge is -2.08. The molecule has 0 unspecified atom stereocenters. The van der Waals surface area contributed by atoms with Crippen LogP contribution in [0, 0.1) is 0 Å². The van der Waals surface area contributed by atoms with Crippen LogP contribution in [0.3, 0.4) is 0 Å². The minimum Gasteiger partial charge on any atom is -0.370 e. The Morgan fingerprint density at radius 3 is 2.35 bits per heavy atom. The lowest BCUT2D eigenvalue weighted by atomic mass is 10.2. The van der Waals surface area contributed by atoms with Crippen molar-refractivity contribution in [1.82, 2.24) is 10.6 Å². The van der Waals surface area contributed by atoms with Gasteiger partial charge in [-0.3, -0.25) is 9.59 Å². The van der Waals surface area contributed by atoms with Crippen LogP contribution in [0.25, 0.3) is 0 Å². The van der Waals surface area contributed by atoms with E-state index in [1.54, 1.807) is 0 Å². The van der Waals surface area contributed by atoms with Gasteiger partial charge in [0.05, 0.1) is 13.1 Å². The molecule has 0 aliphatic carbocycles. The summed E-state index contributed by atoms with van der Waals surface area (Å²) in [5, 5.41) is 4.39. The van der Waals surface area contributed by atoms with E-state index < -0.39 is 24.5 Å². The second-order valence-electron chi connectivity index (χ2n) is 3.49. The average Bonchev–Trinajstić information content (AvgIpc) is 2.14. The second kappa shape index (κ2) is 7.88. The number of nitrogens with two attached hydrogens (primary N) is 1. The highest BCUT2D eigenvalue weighted by Crippen LogP contribution is 2.11. The molecular formula is C9H16F3N3O2. The lowest BCUT2D eigenvalue weighted by molar-refractivity contribution is -0.128. The molecule has 0 saturated carbocycles. The molecule has 0 heterocycles. The van der Waals surface area contributed by atoms with Gasteiger partial charge in [-0.25, -0.2) is 0 Å². The van der Waals surface area contributed by atoms with Crippen LogP contribution in [-0.2, 0) is 9.59 Å². The summed E-state index contributed by atoms with van der Waals surface area (Å²) in [5.41, 5.74) is 4.90. The summed E-state index contributed by atoms with van der Waals surface area (Å²) in [4.78, 5) is 21.3. The standard InChI is InChI=1S/C9H16F3N3O2/c10-9(11,12)6-14-5-8(17)15-4-2-1-3-7(13)16/h14H,1-6H2,(H2,13,16)(H,15,17). The fourth-order valence-corrected chi connectivity index (χ4v) is 1.03. The van der Waals surface area contributed by atoms with Gasteiger partial charge >= 0.3 is 6.18 Å². The lowest BCUT2D eigenvalue weighted by Crippen LogP contribution is -2.38. The third kappa shape index (κ3) is 12.6. The van der Waals surface area contributed by atoms with Gasteiger partial charge in [-0.15, -0.1) is 0 Å². The molecule has 4 N–H and O–H groups in total.